The highest BCUT2D eigenvalue weighted by Crippen LogP contribution is 2.16. The second kappa shape index (κ2) is 9.88. The van der Waals surface area contributed by atoms with Gasteiger partial charge < -0.3 is 15.5 Å². The van der Waals surface area contributed by atoms with Crippen molar-refractivity contribution in [3.63, 3.8) is 0 Å². The maximum atomic E-state index is 4.70. The lowest BCUT2D eigenvalue weighted by Gasteiger charge is -2.25. The van der Waals surface area contributed by atoms with Crippen LogP contribution in [0.15, 0.2) is 4.99 Å². The van der Waals surface area contributed by atoms with E-state index in [2.05, 4.69) is 41.3 Å². The highest BCUT2D eigenvalue weighted by molar-refractivity contribution is 7.11. The molecular weight excluding hydrogens is 306 g/mol. The maximum Gasteiger partial charge on any atom is 0.191 e. The van der Waals surface area contributed by atoms with Crippen LogP contribution in [0.4, 0.5) is 0 Å². The molecule has 1 aliphatic rings. The number of nitrogens with one attached hydrogen (secondary N) is 2. The van der Waals surface area contributed by atoms with E-state index in [0.717, 1.165) is 44.3 Å². The topological polar surface area (TPSA) is 52.6 Å². The third-order valence-electron chi connectivity index (χ3n) is 4.18. The lowest BCUT2D eigenvalue weighted by Crippen LogP contribution is -2.39. The van der Waals surface area contributed by atoms with Gasteiger partial charge in [0.2, 0.25) is 0 Å². The minimum atomic E-state index is 0.866. The minimum absolute atomic E-state index is 0.866. The smallest absolute Gasteiger partial charge is 0.191 e. The second-order valence-corrected chi connectivity index (χ2v) is 7.38. The van der Waals surface area contributed by atoms with Gasteiger partial charge in [-0.1, -0.05) is 6.42 Å². The summed E-state index contributed by atoms with van der Waals surface area (Å²) in [4.78, 5) is 13.1. The van der Waals surface area contributed by atoms with E-state index < -0.39 is 0 Å². The van der Waals surface area contributed by atoms with Gasteiger partial charge in [-0.25, -0.2) is 4.98 Å². The van der Waals surface area contributed by atoms with Crippen LogP contribution in [0.25, 0.3) is 0 Å². The van der Waals surface area contributed by atoms with Gasteiger partial charge in [-0.2, -0.15) is 0 Å². The first-order valence-electron chi connectivity index (χ1n) is 8.86. The van der Waals surface area contributed by atoms with Crippen LogP contribution in [0, 0.1) is 13.8 Å². The van der Waals surface area contributed by atoms with Gasteiger partial charge in [-0.05, 0) is 46.7 Å². The molecule has 1 aromatic rings. The fourth-order valence-corrected chi connectivity index (χ4v) is 3.70. The summed E-state index contributed by atoms with van der Waals surface area (Å²) in [5.74, 6) is 0.925. The number of rotatable bonds is 7. The van der Waals surface area contributed by atoms with E-state index in [1.807, 2.05) is 0 Å². The van der Waals surface area contributed by atoms with Crippen molar-refractivity contribution in [2.75, 3.05) is 39.3 Å². The molecule has 0 spiro atoms. The van der Waals surface area contributed by atoms with Crippen molar-refractivity contribution in [3.05, 3.63) is 15.6 Å². The highest BCUT2D eigenvalue weighted by atomic mass is 32.1. The standard InChI is InChI=1S/C17H31N5S/c1-4-18-17(20-10-13-22-11-6-5-7-12-22)19-9-8-16-21-14(2)15(3)23-16/h4-13H2,1-3H3,(H2,18,19,20). The van der Waals surface area contributed by atoms with Crippen LogP contribution >= 0.6 is 11.3 Å². The predicted molar refractivity (Wildman–Crippen MR) is 99.6 cm³/mol. The summed E-state index contributed by atoms with van der Waals surface area (Å²) in [5.41, 5.74) is 1.16. The molecule has 2 heterocycles. The molecule has 0 unspecified atom stereocenters. The summed E-state index contributed by atoms with van der Waals surface area (Å²) in [7, 11) is 0. The Balaban J connectivity index is 1.72. The Morgan fingerprint density at radius 3 is 2.65 bits per heavy atom. The molecule has 0 saturated carbocycles. The van der Waals surface area contributed by atoms with Gasteiger partial charge in [0.25, 0.3) is 0 Å². The monoisotopic (exact) mass is 337 g/mol. The molecule has 0 aliphatic carbocycles. The Morgan fingerprint density at radius 1 is 1.22 bits per heavy atom. The normalized spacial score (nSPS) is 16.6. The van der Waals surface area contributed by atoms with Crippen LogP contribution in [0.5, 0.6) is 0 Å². The molecule has 2 N–H and O–H groups in total. The molecule has 130 valence electrons. The Labute approximate surface area is 144 Å². The van der Waals surface area contributed by atoms with Crippen LogP contribution in [0.1, 0.15) is 41.8 Å². The summed E-state index contributed by atoms with van der Waals surface area (Å²) in [6, 6.07) is 0. The van der Waals surface area contributed by atoms with E-state index in [4.69, 9.17) is 4.99 Å². The largest absolute Gasteiger partial charge is 0.357 e. The predicted octanol–water partition coefficient (Wildman–Crippen LogP) is 2.34. The summed E-state index contributed by atoms with van der Waals surface area (Å²) >= 11 is 1.80. The fourth-order valence-electron chi connectivity index (χ4n) is 2.76. The van der Waals surface area contributed by atoms with E-state index >= 15 is 0 Å². The van der Waals surface area contributed by atoms with Gasteiger partial charge in [-0.3, -0.25) is 4.99 Å². The zero-order chi connectivity index (χ0) is 16.5. The molecule has 1 aromatic heterocycles. The van der Waals surface area contributed by atoms with Crippen LogP contribution < -0.4 is 10.6 Å². The minimum Gasteiger partial charge on any atom is -0.357 e. The molecule has 23 heavy (non-hydrogen) atoms. The van der Waals surface area contributed by atoms with Crippen molar-refractivity contribution in [1.29, 1.82) is 0 Å². The molecule has 0 atom stereocenters. The Hall–Kier alpha value is -1.14. The molecule has 0 amide bonds. The summed E-state index contributed by atoms with van der Waals surface area (Å²) in [6.07, 6.45) is 5.03. The second-order valence-electron chi connectivity index (χ2n) is 6.09. The van der Waals surface area contributed by atoms with Crippen molar-refractivity contribution >= 4 is 17.3 Å². The average Bonchev–Trinajstić information content (AvgIpc) is 2.86. The molecule has 1 aliphatic heterocycles. The van der Waals surface area contributed by atoms with Gasteiger partial charge in [-0.15, -0.1) is 11.3 Å². The van der Waals surface area contributed by atoms with Crippen molar-refractivity contribution in [2.24, 2.45) is 4.99 Å². The van der Waals surface area contributed by atoms with Gasteiger partial charge in [0.15, 0.2) is 5.96 Å². The Morgan fingerprint density at radius 2 is 2.00 bits per heavy atom. The zero-order valence-corrected chi connectivity index (χ0v) is 15.6. The first kappa shape index (κ1) is 18.2. The summed E-state index contributed by atoms with van der Waals surface area (Å²) < 4.78 is 0. The van der Waals surface area contributed by atoms with Gasteiger partial charge in [0.1, 0.15) is 0 Å². The summed E-state index contributed by atoms with van der Waals surface area (Å²) in [5, 5.41) is 7.95. The Kier molecular flexibility index (Phi) is 7.82. The fraction of sp³-hybridized carbons (Fsp3) is 0.765. The Bertz CT molecular complexity index is 472. The van der Waals surface area contributed by atoms with E-state index in [-0.39, 0.29) is 0 Å². The third kappa shape index (κ3) is 6.47. The number of aryl methyl sites for hydroxylation is 2. The average molecular weight is 338 g/mol. The van der Waals surface area contributed by atoms with Gasteiger partial charge >= 0.3 is 0 Å². The quantitative estimate of drug-likeness (QED) is 0.592. The highest BCUT2D eigenvalue weighted by Gasteiger charge is 2.09. The molecule has 6 heteroatoms. The van der Waals surface area contributed by atoms with Gasteiger partial charge in [0, 0.05) is 30.9 Å². The number of aromatic nitrogens is 1. The molecular formula is C17H31N5S. The van der Waals surface area contributed by atoms with E-state index in [9.17, 15) is 0 Å². The van der Waals surface area contributed by atoms with Crippen molar-refractivity contribution in [3.8, 4) is 0 Å². The molecule has 0 radical (unpaired) electrons. The molecule has 5 nitrogen and oxygen atoms in total. The molecule has 2 rings (SSSR count). The number of nitrogens with zero attached hydrogens (tertiary/aromatic N) is 3. The molecule has 0 bridgehead atoms. The van der Waals surface area contributed by atoms with E-state index in [1.54, 1.807) is 11.3 Å². The first-order chi connectivity index (χ1) is 11.2. The van der Waals surface area contributed by atoms with Crippen LogP contribution in [-0.4, -0.2) is 55.1 Å². The lowest BCUT2D eigenvalue weighted by molar-refractivity contribution is 0.235. The van der Waals surface area contributed by atoms with Crippen LogP contribution in [0.2, 0.25) is 0 Å². The first-order valence-corrected chi connectivity index (χ1v) is 9.68. The van der Waals surface area contributed by atoms with Crippen LogP contribution in [-0.2, 0) is 6.42 Å². The molecule has 0 aromatic carbocycles. The third-order valence-corrected chi connectivity index (χ3v) is 5.32. The number of hydrogen-bond acceptors (Lipinski definition) is 4. The van der Waals surface area contributed by atoms with Crippen LogP contribution in [0.3, 0.4) is 0 Å². The number of likely N-dealkylation sites (tertiary alicyclic amines) is 1. The lowest BCUT2D eigenvalue weighted by atomic mass is 10.1. The van der Waals surface area contributed by atoms with Gasteiger partial charge in [0.05, 0.1) is 17.2 Å². The summed E-state index contributed by atoms with van der Waals surface area (Å²) in [6.45, 7) is 12.5. The van der Waals surface area contributed by atoms with E-state index in [1.165, 1.54) is 42.2 Å². The maximum absolute atomic E-state index is 4.70. The van der Waals surface area contributed by atoms with Crippen molar-refractivity contribution < 1.29 is 0 Å². The van der Waals surface area contributed by atoms with Crippen molar-refractivity contribution in [1.82, 2.24) is 20.5 Å². The zero-order valence-electron chi connectivity index (χ0n) is 14.8. The number of aliphatic imine (C=N–C) groups is 1. The number of hydrogen-bond donors (Lipinski definition) is 2. The number of thiazole rings is 1. The number of piperidine rings is 1. The number of guanidine groups is 1. The SMILES string of the molecule is CCNC(=NCCN1CCCCC1)NCCc1nc(C)c(C)s1. The molecule has 1 fully saturated rings. The van der Waals surface area contributed by atoms with E-state index in [0.29, 0.717) is 0 Å². The van der Waals surface area contributed by atoms with Crippen molar-refractivity contribution in [2.45, 2.75) is 46.5 Å². The molecule has 1 saturated heterocycles.